The van der Waals surface area contributed by atoms with Gasteiger partial charge in [0.1, 0.15) is 12.0 Å². The molecule has 2 aromatic carbocycles. The molecule has 0 amide bonds. The maximum absolute atomic E-state index is 9.59. The largest absolute Gasteiger partial charge is 0.508 e. The second-order valence-corrected chi connectivity index (χ2v) is 7.65. The van der Waals surface area contributed by atoms with E-state index in [-0.39, 0.29) is 0 Å². The van der Waals surface area contributed by atoms with E-state index in [1.54, 1.807) is 6.07 Å². The van der Waals surface area contributed by atoms with Crippen LogP contribution in [0.5, 0.6) is 5.75 Å². The zero-order chi connectivity index (χ0) is 22.8. The molecule has 3 heteroatoms. The Balaban J connectivity index is 0.00000107. The molecule has 3 nitrogen and oxygen atoms in total. The number of aromatic nitrogens is 1. The van der Waals surface area contributed by atoms with Gasteiger partial charge in [0.05, 0.1) is 0 Å². The van der Waals surface area contributed by atoms with Crippen LogP contribution in [-0.4, -0.2) is 16.4 Å². The highest BCUT2D eigenvalue weighted by molar-refractivity contribution is 5.67. The molecule has 0 fully saturated rings. The highest BCUT2D eigenvalue weighted by Crippen LogP contribution is 2.27. The SMILES string of the molecule is C#CCc1ccc(-c2ccc(C)nc2C)cc1CCCc1ccc(O)cc1C.CC=O. The minimum Gasteiger partial charge on any atom is -0.508 e. The Morgan fingerprint density at radius 1 is 0.968 bits per heavy atom. The second kappa shape index (κ2) is 11.7. The summed E-state index contributed by atoms with van der Waals surface area (Å²) in [5.74, 6) is 3.11. The van der Waals surface area contributed by atoms with Gasteiger partial charge in [-0.15, -0.1) is 12.3 Å². The summed E-state index contributed by atoms with van der Waals surface area (Å²) in [5.41, 5.74) is 9.42. The van der Waals surface area contributed by atoms with Crippen molar-refractivity contribution in [3.8, 4) is 29.2 Å². The summed E-state index contributed by atoms with van der Waals surface area (Å²) in [6.07, 6.45) is 9.99. The molecule has 0 bridgehead atoms. The van der Waals surface area contributed by atoms with Gasteiger partial charge in [-0.1, -0.05) is 30.3 Å². The smallest absolute Gasteiger partial charge is 0.116 e. The summed E-state index contributed by atoms with van der Waals surface area (Å²) in [4.78, 5) is 13.4. The average Bonchev–Trinajstić information content (AvgIpc) is 2.72. The van der Waals surface area contributed by atoms with Crippen LogP contribution in [0.2, 0.25) is 0 Å². The molecule has 0 saturated heterocycles. The van der Waals surface area contributed by atoms with Crippen LogP contribution in [0.25, 0.3) is 11.1 Å². The van der Waals surface area contributed by atoms with Gasteiger partial charge >= 0.3 is 0 Å². The third-order valence-corrected chi connectivity index (χ3v) is 5.25. The Morgan fingerprint density at radius 2 is 1.65 bits per heavy atom. The standard InChI is InChI=1S/C26H27NO.C2H4O/c1-5-7-22-11-12-24(26-15-10-19(3)27-20(26)4)17-23(22)9-6-8-21-13-14-25(28)16-18(21)2;1-2-3/h1,10-17,28H,6-9H2,2-4H3;2H,1H3. The highest BCUT2D eigenvalue weighted by atomic mass is 16.3. The molecule has 160 valence electrons. The Morgan fingerprint density at radius 3 is 2.29 bits per heavy atom. The van der Waals surface area contributed by atoms with E-state index in [4.69, 9.17) is 11.2 Å². The number of rotatable bonds is 6. The zero-order valence-corrected chi connectivity index (χ0v) is 18.9. The van der Waals surface area contributed by atoms with E-state index in [1.165, 1.54) is 34.7 Å². The summed E-state index contributed by atoms with van der Waals surface area (Å²) in [5, 5.41) is 9.59. The molecule has 1 N–H and O–H groups in total. The summed E-state index contributed by atoms with van der Waals surface area (Å²) >= 11 is 0. The molecule has 1 heterocycles. The van der Waals surface area contributed by atoms with Crippen molar-refractivity contribution in [2.24, 2.45) is 0 Å². The number of benzene rings is 2. The lowest BCUT2D eigenvalue weighted by molar-refractivity contribution is -0.106. The third kappa shape index (κ3) is 6.83. The second-order valence-electron chi connectivity index (χ2n) is 7.65. The van der Waals surface area contributed by atoms with Crippen molar-refractivity contribution in [1.82, 2.24) is 4.98 Å². The first-order valence-corrected chi connectivity index (χ1v) is 10.6. The van der Waals surface area contributed by atoms with Crippen molar-refractivity contribution in [2.75, 3.05) is 0 Å². The summed E-state index contributed by atoms with van der Waals surface area (Å²) in [6, 6.07) is 16.4. The fourth-order valence-electron chi connectivity index (χ4n) is 3.73. The van der Waals surface area contributed by atoms with Crippen molar-refractivity contribution in [3.63, 3.8) is 0 Å². The van der Waals surface area contributed by atoms with Gasteiger partial charge in [-0.25, -0.2) is 0 Å². The Labute approximate surface area is 186 Å². The highest BCUT2D eigenvalue weighted by Gasteiger charge is 2.09. The molecule has 0 aliphatic carbocycles. The van der Waals surface area contributed by atoms with Crippen molar-refractivity contribution in [3.05, 3.63) is 82.2 Å². The number of terminal acetylenes is 1. The van der Waals surface area contributed by atoms with E-state index in [0.29, 0.717) is 12.2 Å². The van der Waals surface area contributed by atoms with E-state index < -0.39 is 0 Å². The number of hydrogen-bond donors (Lipinski definition) is 1. The Bertz CT molecular complexity index is 1080. The number of nitrogens with zero attached hydrogens (tertiary/aromatic N) is 1. The summed E-state index contributed by atoms with van der Waals surface area (Å²) in [7, 11) is 0. The van der Waals surface area contributed by atoms with E-state index in [0.717, 1.165) is 42.5 Å². The number of aromatic hydroxyl groups is 1. The third-order valence-electron chi connectivity index (χ3n) is 5.25. The predicted octanol–water partition coefficient (Wildman–Crippen LogP) is 5.94. The lowest BCUT2D eigenvalue weighted by atomic mass is 9.93. The van der Waals surface area contributed by atoms with E-state index in [9.17, 15) is 5.11 Å². The molecule has 0 aliphatic heterocycles. The van der Waals surface area contributed by atoms with Crippen molar-refractivity contribution in [2.45, 2.75) is 53.4 Å². The number of aryl methyl sites for hydroxylation is 5. The van der Waals surface area contributed by atoms with Crippen LogP contribution in [0.4, 0.5) is 0 Å². The lowest BCUT2D eigenvalue weighted by Crippen LogP contribution is -1.98. The first kappa shape index (κ1) is 23.9. The molecule has 31 heavy (non-hydrogen) atoms. The van der Waals surface area contributed by atoms with Gasteiger partial charge in [0.25, 0.3) is 0 Å². The minimum absolute atomic E-state index is 0.326. The molecule has 0 unspecified atom stereocenters. The van der Waals surface area contributed by atoms with Gasteiger partial charge in [-0.2, -0.15) is 0 Å². The van der Waals surface area contributed by atoms with Gasteiger partial charge in [0.2, 0.25) is 0 Å². The average molecular weight is 414 g/mol. The molecule has 1 aromatic heterocycles. The van der Waals surface area contributed by atoms with Gasteiger partial charge in [-0.3, -0.25) is 4.98 Å². The van der Waals surface area contributed by atoms with Crippen molar-refractivity contribution in [1.29, 1.82) is 0 Å². The van der Waals surface area contributed by atoms with Crippen LogP contribution in [0.15, 0.2) is 48.5 Å². The van der Waals surface area contributed by atoms with Gasteiger partial charge in [-0.05, 0) is 93.0 Å². The van der Waals surface area contributed by atoms with Crippen LogP contribution in [0.3, 0.4) is 0 Å². The predicted molar refractivity (Wildman–Crippen MR) is 128 cm³/mol. The van der Waals surface area contributed by atoms with Gasteiger partial charge in [0.15, 0.2) is 0 Å². The number of carbonyl (C=O) groups is 1. The molecule has 0 radical (unpaired) electrons. The normalized spacial score (nSPS) is 10.0. The molecule has 0 atom stereocenters. The lowest BCUT2D eigenvalue weighted by Gasteiger charge is -2.13. The molecular formula is C28H31NO2. The zero-order valence-electron chi connectivity index (χ0n) is 18.9. The number of phenolic OH excluding ortho intramolecular Hbond substituents is 1. The fraction of sp³-hybridized carbons (Fsp3) is 0.286. The first-order chi connectivity index (χ1) is 14.9. The molecule has 0 saturated carbocycles. The number of carbonyl (C=O) groups excluding carboxylic acids is 1. The van der Waals surface area contributed by atoms with Crippen LogP contribution < -0.4 is 0 Å². The quantitative estimate of drug-likeness (QED) is 0.402. The van der Waals surface area contributed by atoms with Gasteiger partial charge < -0.3 is 9.90 Å². The minimum atomic E-state index is 0.326. The van der Waals surface area contributed by atoms with E-state index in [1.807, 2.05) is 26.0 Å². The molecule has 0 spiro atoms. The van der Waals surface area contributed by atoms with Crippen LogP contribution in [-0.2, 0) is 24.1 Å². The summed E-state index contributed by atoms with van der Waals surface area (Å²) < 4.78 is 0. The maximum atomic E-state index is 9.59. The number of aldehydes is 1. The number of pyridine rings is 1. The Kier molecular flexibility index (Phi) is 9.03. The first-order valence-electron chi connectivity index (χ1n) is 10.6. The number of hydrogen-bond acceptors (Lipinski definition) is 3. The Hall–Kier alpha value is -3.38. The van der Waals surface area contributed by atoms with Gasteiger partial charge in [0, 0.05) is 23.4 Å². The van der Waals surface area contributed by atoms with E-state index in [2.05, 4.69) is 48.2 Å². The molecule has 3 rings (SSSR count). The van der Waals surface area contributed by atoms with E-state index >= 15 is 0 Å². The maximum Gasteiger partial charge on any atom is 0.116 e. The molecule has 3 aromatic rings. The van der Waals surface area contributed by atoms with Crippen molar-refractivity contribution >= 4 is 6.29 Å². The topological polar surface area (TPSA) is 50.2 Å². The van der Waals surface area contributed by atoms with Crippen molar-refractivity contribution < 1.29 is 9.90 Å². The van der Waals surface area contributed by atoms with Crippen LogP contribution >= 0.6 is 0 Å². The fourth-order valence-corrected chi connectivity index (χ4v) is 3.73. The monoisotopic (exact) mass is 413 g/mol. The van der Waals surface area contributed by atoms with Crippen LogP contribution in [0, 0.1) is 33.1 Å². The molecular weight excluding hydrogens is 382 g/mol. The number of phenols is 1. The van der Waals surface area contributed by atoms with Crippen LogP contribution in [0.1, 0.15) is 47.0 Å². The molecule has 0 aliphatic rings. The summed E-state index contributed by atoms with van der Waals surface area (Å²) in [6.45, 7) is 7.57.